The molecule has 7 heteroatoms. The minimum Gasteiger partial charge on any atom is -0.481 e. The first-order valence-electron chi connectivity index (χ1n) is 13.2. The van der Waals surface area contributed by atoms with E-state index in [1.54, 1.807) is 7.11 Å². The fourth-order valence-corrected chi connectivity index (χ4v) is 5.17. The summed E-state index contributed by atoms with van der Waals surface area (Å²) in [6, 6.07) is 11.1. The molecule has 0 radical (unpaired) electrons. The molecule has 35 heavy (non-hydrogen) atoms. The highest BCUT2D eigenvalue weighted by atomic mass is 16.5. The van der Waals surface area contributed by atoms with Gasteiger partial charge in [-0.25, -0.2) is 4.98 Å². The summed E-state index contributed by atoms with van der Waals surface area (Å²) >= 11 is 0. The van der Waals surface area contributed by atoms with E-state index < -0.39 is 0 Å². The van der Waals surface area contributed by atoms with Gasteiger partial charge in [-0.05, 0) is 68.5 Å². The van der Waals surface area contributed by atoms with Gasteiger partial charge in [0.15, 0.2) is 0 Å². The zero-order valence-electron chi connectivity index (χ0n) is 21.6. The number of carbonyl (C=O) groups excluding carboxylic acids is 1. The second-order valence-corrected chi connectivity index (χ2v) is 9.79. The molecule has 0 spiro atoms. The van der Waals surface area contributed by atoms with Crippen molar-refractivity contribution in [3.05, 3.63) is 47.7 Å². The lowest BCUT2D eigenvalue weighted by molar-refractivity contribution is -0.132. The van der Waals surface area contributed by atoms with E-state index >= 15 is 0 Å². The van der Waals surface area contributed by atoms with E-state index in [-0.39, 0.29) is 0 Å². The van der Waals surface area contributed by atoms with Crippen LogP contribution in [0.3, 0.4) is 0 Å². The number of likely N-dealkylation sites (tertiary alicyclic amines) is 1. The van der Waals surface area contributed by atoms with E-state index in [2.05, 4.69) is 63.1 Å². The van der Waals surface area contributed by atoms with Gasteiger partial charge in [0, 0.05) is 63.5 Å². The highest BCUT2D eigenvalue weighted by molar-refractivity contribution is 5.76. The van der Waals surface area contributed by atoms with E-state index in [0.717, 1.165) is 77.2 Å². The average molecular weight is 480 g/mol. The number of hydrogen-bond acceptors (Lipinski definition) is 6. The molecule has 2 fully saturated rings. The Labute approximate surface area is 210 Å². The number of hydrogen-bond donors (Lipinski definition) is 1. The number of nitrogens with zero attached hydrogens (tertiary/aromatic N) is 4. The molecule has 190 valence electrons. The molecule has 1 aromatic carbocycles. The largest absolute Gasteiger partial charge is 0.481 e. The molecule has 1 amide bonds. The molecule has 2 aliphatic heterocycles. The van der Waals surface area contributed by atoms with Gasteiger partial charge in [-0.3, -0.25) is 9.69 Å². The average Bonchev–Trinajstić information content (AvgIpc) is 2.90. The quantitative estimate of drug-likeness (QED) is 0.587. The van der Waals surface area contributed by atoms with Crippen molar-refractivity contribution < 1.29 is 9.53 Å². The lowest BCUT2D eigenvalue weighted by atomic mass is 10.0. The van der Waals surface area contributed by atoms with Crippen molar-refractivity contribution in [2.45, 2.75) is 52.0 Å². The minimum atomic E-state index is 0.315. The number of methoxy groups -OCH3 is 1. The Kier molecular flexibility index (Phi) is 8.85. The van der Waals surface area contributed by atoms with Crippen molar-refractivity contribution in [2.75, 3.05) is 63.1 Å². The summed E-state index contributed by atoms with van der Waals surface area (Å²) in [4.78, 5) is 24.0. The molecule has 2 aromatic rings. The predicted octanol–water partition coefficient (Wildman–Crippen LogP) is 3.97. The maximum Gasteiger partial charge on any atom is 0.222 e. The van der Waals surface area contributed by atoms with Gasteiger partial charge in [0.25, 0.3) is 0 Å². The van der Waals surface area contributed by atoms with Crippen molar-refractivity contribution in [1.82, 2.24) is 14.8 Å². The zero-order chi connectivity index (χ0) is 24.6. The number of ether oxygens (including phenoxy) is 1. The Bertz CT molecular complexity index is 948. The number of pyridine rings is 1. The van der Waals surface area contributed by atoms with Crippen LogP contribution in [0.1, 0.15) is 43.7 Å². The normalized spacial score (nSPS) is 17.5. The number of aryl methyl sites for hydroxylation is 2. The molecule has 0 aliphatic carbocycles. The van der Waals surface area contributed by atoms with E-state index in [9.17, 15) is 4.79 Å². The molecule has 3 heterocycles. The summed E-state index contributed by atoms with van der Waals surface area (Å²) in [5, 5.41) is 3.69. The predicted molar refractivity (Wildman–Crippen MR) is 142 cm³/mol. The van der Waals surface area contributed by atoms with Gasteiger partial charge in [-0.1, -0.05) is 13.0 Å². The van der Waals surface area contributed by atoms with Crippen LogP contribution in [0.2, 0.25) is 0 Å². The van der Waals surface area contributed by atoms with Gasteiger partial charge < -0.3 is 19.9 Å². The van der Waals surface area contributed by atoms with Crippen LogP contribution in [0.5, 0.6) is 5.88 Å². The Balaban J connectivity index is 1.12. The number of aromatic nitrogens is 1. The maximum atomic E-state index is 12.8. The van der Waals surface area contributed by atoms with Crippen molar-refractivity contribution in [2.24, 2.45) is 0 Å². The first-order chi connectivity index (χ1) is 17.1. The zero-order valence-corrected chi connectivity index (χ0v) is 21.6. The molecule has 1 N–H and O–H groups in total. The Morgan fingerprint density at radius 1 is 1.09 bits per heavy atom. The van der Waals surface area contributed by atoms with Crippen LogP contribution >= 0.6 is 0 Å². The van der Waals surface area contributed by atoms with Crippen LogP contribution in [-0.2, 0) is 11.2 Å². The maximum absolute atomic E-state index is 12.8. The molecule has 2 aliphatic rings. The topological polar surface area (TPSA) is 60.9 Å². The van der Waals surface area contributed by atoms with Crippen molar-refractivity contribution in [3.8, 4) is 5.88 Å². The fraction of sp³-hybridized carbons (Fsp3) is 0.571. The van der Waals surface area contributed by atoms with E-state index in [1.165, 1.54) is 16.8 Å². The summed E-state index contributed by atoms with van der Waals surface area (Å²) in [6.45, 7) is 11.1. The second-order valence-electron chi connectivity index (χ2n) is 9.79. The number of nitrogens with one attached hydrogen (secondary N) is 1. The molecule has 0 saturated carbocycles. The van der Waals surface area contributed by atoms with Crippen LogP contribution in [0.25, 0.3) is 0 Å². The van der Waals surface area contributed by atoms with Gasteiger partial charge in [-0.15, -0.1) is 0 Å². The fourth-order valence-electron chi connectivity index (χ4n) is 5.17. The standard InChI is InChI=1S/C28H41N5O2/c1-4-23-20-25(8-7-22(23)2)30-24-11-14-33(15-12-24)28(34)6-5-13-31-16-18-32(19-17-31)26-9-10-27(35-3)29-21-26/h7-10,20-21,24,30H,4-6,11-19H2,1-3H3. The van der Waals surface area contributed by atoms with Gasteiger partial charge in [0.2, 0.25) is 11.8 Å². The molecule has 2 saturated heterocycles. The van der Waals surface area contributed by atoms with Gasteiger partial charge >= 0.3 is 0 Å². The third-order valence-electron chi connectivity index (χ3n) is 7.48. The van der Waals surface area contributed by atoms with E-state index in [4.69, 9.17) is 4.74 Å². The van der Waals surface area contributed by atoms with Crippen LogP contribution in [0.4, 0.5) is 11.4 Å². The minimum absolute atomic E-state index is 0.315. The Morgan fingerprint density at radius 3 is 2.51 bits per heavy atom. The van der Waals surface area contributed by atoms with Crippen molar-refractivity contribution in [3.63, 3.8) is 0 Å². The van der Waals surface area contributed by atoms with Gasteiger partial charge in [-0.2, -0.15) is 0 Å². The highest BCUT2D eigenvalue weighted by Gasteiger charge is 2.23. The number of amides is 1. The summed E-state index contributed by atoms with van der Waals surface area (Å²) in [7, 11) is 1.64. The lowest BCUT2D eigenvalue weighted by Crippen LogP contribution is -2.47. The Hall–Kier alpha value is -2.80. The SMILES string of the molecule is CCc1cc(NC2CCN(C(=O)CCCN3CCN(c4ccc(OC)nc4)CC3)CC2)ccc1C. The molecule has 0 bridgehead atoms. The molecule has 0 unspecified atom stereocenters. The summed E-state index contributed by atoms with van der Waals surface area (Å²) in [5.41, 5.74) is 5.11. The molecule has 4 rings (SSSR count). The molecule has 7 nitrogen and oxygen atoms in total. The number of carbonyl (C=O) groups is 1. The molecular weight excluding hydrogens is 438 g/mol. The number of anilines is 2. The van der Waals surface area contributed by atoms with Gasteiger partial charge in [0.1, 0.15) is 0 Å². The molecular formula is C28H41N5O2. The first kappa shape index (κ1) is 25.3. The van der Waals surface area contributed by atoms with Crippen LogP contribution in [0, 0.1) is 6.92 Å². The number of benzene rings is 1. The third-order valence-corrected chi connectivity index (χ3v) is 7.48. The Morgan fingerprint density at radius 2 is 1.86 bits per heavy atom. The monoisotopic (exact) mass is 479 g/mol. The van der Waals surface area contributed by atoms with Crippen molar-refractivity contribution in [1.29, 1.82) is 0 Å². The number of piperazine rings is 1. The molecule has 1 aromatic heterocycles. The summed E-state index contributed by atoms with van der Waals surface area (Å²) in [5.74, 6) is 0.962. The van der Waals surface area contributed by atoms with Gasteiger partial charge in [0.05, 0.1) is 19.0 Å². The smallest absolute Gasteiger partial charge is 0.222 e. The summed E-state index contributed by atoms with van der Waals surface area (Å²) in [6.07, 6.45) is 6.56. The lowest BCUT2D eigenvalue weighted by Gasteiger charge is -2.36. The second kappa shape index (κ2) is 12.2. The third kappa shape index (κ3) is 6.88. The van der Waals surface area contributed by atoms with Crippen LogP contribution in [0.15, 0.2) is 36.5 Å². The van der Waals surface area contributed by atoms with Crippen molar-refractivity contribution >= 4 is 17.3 Å². The number of rotatable bonds is 9. The number of piperidine rings is 1. The van der Waals surface area contributed by atoms with Crippen LogP contribution in [-0.4, -0.2) is 79.7 Å². The van der Waals surface area contributed by atoms with E-state index in [0.29, 0.717) is 24.2 Å². The van der Waals surface area contributed by atoms with Crippen LogP contribution < -0.4 is 15.0 Å². The summed E-state index contributed by atoms with van der Waals surface area (Å²) < 4.78 is 5.15. The van der Waals surface area contributed by atoms with E-state index in [1.807, 2.05) is 12.3 Å². The molecule has 0 atom stereocenters. The first-order valence-corrected chi connectivity index (χ1v) is 13.2. The highest BCUT2D eigenvalue weighted by Crippen LogP contribution is 2.21.